The number of nitrogens with one attached hydrogen (secondary N) is 1. The molecule has 9 nitrogen and oxygen atoms in total. The molecule has 1 aliphatic rings. The minimum absolute atomic E-state index is 0.220. The van der Waals surface area contributed by atoms with Gasteiger partial charge in [-0.2, -0.15) is 0 Å². The predicted octanol–water partition coefficient (Wildman–Crippen LogP) is 0.826. The summed E-state index contributed by atoms with van der Waals surface area (Å²) in [6.07, 6.45) is -0.301. The molecule has 0 radical (unpaired) electrons. The maximum Gasteiger partial charge on any atom is 0.409 e. The number of piperazine rings is 1. The van der Waals surface area contributed by atoms with Gasteiger partial charge in [-0.25, -0.2) is 4.79 Å². The minimum Gasteiger partial charge on any atom is -0.493 e. The van der Waals surface area contributed by atoms with Gasteiger partial charge in [0, 0.05) is 44.8 Å². The van der Waals surface area contributed by atoms with E-state index in [1.54, 1.807) is 17.0 Å². The SMILES string of the molecule is COC(=O)N1CCN(CCNC(=O)c2cc(OC)c(OC)c(OC)c2)CC1. The zero-order valence-electron chi connectivity index (χ0n) is 16.2. The maximum atomic E-state index is 12.5. The molecule has 0 aliphatic carbocycles. The van der Waals surface area contributed by atoms with E-state index in [0.29, 0.717) is 49.0 Å². The minimum atomic E-state index is -0.301. The van der Waals surface area contributed by atoms with Crippen LogP contribution < -0.4 is 19.5 Å². The largest absolute Gasteiger partial charge is 0.493 e. The topological polar surface area (TPSA) is 89.6 Å². The molecule has 0 bridgehead atoms. The molecule has 0 aromatic heterocycles. The molecule has 2 amide bonds. The first-order valence-corrected chi connectivity index (χ1v) is 8.67. The molecule has 1 N–H and O–H groups in total. The van der Waals surface area contributed by atoms with Crippen molar-refractivity contribution in [1.29, 1.82) is 0 Å². The molecule has 0 unspecified atom stereocenters. The van der Waals surface area contributed by atoms with Gasteiger partial charge in [0.15, 0.2) is 11.5 Å². The smallest absolute Gasteiger partial charge is 0.409 e. The van der Waals surface area contributed by atoms with Gasteiger partial charge < -0.3 is 29.2 Å². The van der Waals surface area contributed by atoms with Crippen LogP contribution in [0.1, 0.15) is 10.4 Å². The number of hydrogen-bond donors (Lipinski definition) is 1. The van der Waals surface area contributed by atoms with E-state index in [4.69, 9.17) is 18.9 Å². The summed E-state index contributed by atoms with van der Waals surface area (Å²) in [6, 6.07) is 3.23. The molecule has 1 saturated heterocycles. The van der Waals surface area contributed by atoms with Gasteiger partial charge in [0.05, 0.1) is 28.4 Å². The summed E-state index contributed by atoms with van der Waals surface area (Å²) in [6.45, 7) is 3.92. The normalized spacial score (nSPS) is 14.4. The Kier molecular flexibility index (Phi) is 7.54. The molecule has 1 heterocycles. The number of amides is 2. The highest BCUT2D eigenvalue weighted by atomic mass is 16.5. The van der Waals surface area contributed by atoms with Crippen molar-refractivity contribution in [2.75, 3.05) is 67.7 Å². The highest BCUT2D eigenvalue weighted by Gasteiger charge is 2.21. The van der Waals surface area contributed by atoms with Crippen LogP contribution >= 0.6 is 0 Å². The Labute approximate surface area is 159 Å². The predicted molar refractivity (Wildman–Crippen MR) is 98.8 cm³/mol. The monoisotopic (exact) mass is 381 g/mol. The third kappa shape index (κ3) is 5.16. The molecule has 150 valence electrons. The molecule has 27 heavy (non-hydrogen) atoms. The second-order valence-corrected chi connectivity index (χ2v) is 5.97. The van der Waals surface area contributed by atoms with E-state index in [1.807, 2.05) is 0 Å². The fourth-order valence-electron chi connectivity index (χ4n) is 2.92. The molecule has 1 aromatic carbocycles. The Morgan fingerprint density at radius 3 is 2.04 bits per heavy atom. The van der Waals surface area contributed by atoms with E-state index in [9.17, 15) is 9.59 Å². The van der Waals surface area contributed by atoms with Crippen LogP contribution in [0.3, 0.4) is 0 Å². The van der Waals surface area contributed by atoms with E-state index >= 15 is 0 Å². The molecule has 1 fully saturated rings. The van der Waals surface area contributed by atoms with Gasteiger partial charge >= 0.3 is 6.09 Å². The van der Waals surface area contributed by atoms with Gasteiger partial charge in [0.1, 0.15) is 0 Å². The number of carbonyl (C=O) groups excluding carboxylic acids is 2. The number of methoxy groups -OCH3 is 4. The summed E-state index contributed by atoms with van der Waals surface area (Å²) in [4.78, 5) is 27.8. The van der Waals surface area contributed by atoms with Gasteiger partial charge in [-0.1, -0.05) is 0 Å². The summed E-state index contributed by atoms with van der Waals surface area (Å²) < 4.78 is 20.5. The fraction of sp³-hybridized carbons (Fsp3) is 0.556. The third-order valence-corrected chi connectivity index (χ3v) is 4.45. The summed E-state index contributed by atoms with van der Waals surface area (Å²) in [5, 5.41) is 2.89. The number of rotatable bonds is 7. The van der Waals surface area contributed by atoms with Crippen molar-refractivity contribution in [1.82, 2.24) is 15.1 Å². The molecule has 1 aromatic rings. The summed E-state index contributed by atoms with van der Waals surface area (Å²) in [7, 11) is 5.91. The van der Waals surface area contributed by atoms with Crippen molar-refractivity contribution in [2.24, 2.45) is 0 Å². The second-order valence-electron chi connectivity index (χ2n) is 5.97. The first kappa shape index (κ1) is 20.6. The van der Waals surface area contributed by atoms with Crippen molar-refractivity contribution in [3.8, 4) is 17.2 Å². The summed E-state index contributed by atoms with van der Waals surface area (Å²) in [5.41, 5.74) is 0.431. The Hall–Kier alpha value is -2.68. The van der Waals surface area contributed by atoms with Gasteiger partial charge in [-0.3, -0.25) is 9.69 Å². The van der Waals surface area contributed by atoms with Gasteiger partial charge in [0.25, 0.3) is 5.91 Å². The number of hydrogen-bond acceptors (Lipinski definition) is 7. The Balaban J connectivity index is 1.87. The number of ether oxygens (including phenoxy) is 4. The second kappa shape index (κ2) is 9.86. The summed E-state index contributed by atoms with van der Waals surface area (Å²) >= 11 is 0. The van der Waals surface area contributed by atoms with Crippen LogP contribution in [0.4, 0.5) is 4.79 Å². The Bertz CT molecular complexity index is 633. The number of nitrogens with zero attached hydrogens (tertiary/aromatic N) is 2. The fourth-order valence-corrected chi connectivity index (χ4v) is 2.92. The van der Waals surface area contributed by atoms with Crippen molar-refractivity contribution in [3.05, 3.63) is 17.7 Å². The number of carbonyl (C=O) groups is 2. The van der Waals surface area contributed by atoms with E-state index in [1.165, 1.54) is 28.4 Å². The standard InChI is InChI=1S/C18H27N3O6/c1-24-14-11-13(12-15(25-2)16(14)26-3)17(22)19-5-6-20-7-9-21(10-8-20)18(23)27-4/h11-12H,5-10H2,1-4H3,(H,19,22). The molecule has 0 saturated carbocycles. The zero-order chi connectivity index (χ0) is 19.8. The zero-order valence-corrected chi connectivity index (χ0v) is 16.2. The maximum absolute atomic E-state index is 12.5. The lowest BCUT2D eigenvalue weighted by Crippen LogP contribution is -2.50. The lowest BCUT2D eigenvalue weighted by Gasteiger charge is -2.33. The lowest BCUT2D eigenvalue weighted by atomic mass is 10.1. The highest BCUT2D eigenvalue weighted by Crippen LogP contribution is 2.38. The van der Waals surface area contributed by atoms with E-state index in [-0.39, 0.29) is 12.0 Å². The quantitative estimate of drug-likeness (QED) is 0.748. The van der Waals surface area contributed by atoms with Gasteiger partial charge in [-0.05, 0) is 12.1 Å². The summed E-state index contributed by atoms with van der Waals surface area (Å²) in [5.74, 6) is 1.09. The highest BCUT2D eigenvalue weighted by molar-refractivity contribution is 5.95. The van der Waals surface area contributed by atoms with Gasteiger partial charge in [0.2, 0.25) is 5.75 Å². The van der Waals surface area contributed by atoms with Crippen molar-refractivity contribution < 1.29 is 28.5 Å². The first-order chi connectivity index (χ1) is 13.0. The van der Waals surface area contributed by atoms with Crippen molar-refractivity contribution in [3.63, 3.8) is 0 Å². The first-order valence-electron chi connectivity index (χ1n) is 8.67. The van der Waals surface area contributed by atoms with E-state index in [2.05, 4.69) is 10.2 Å². The van der Waals surface area contributed by atoms with E-state index < -0.39 is 0 Å². The van der Waals surface area contributed by atoms with Crippen LogP contribution in [0.25, 0.3) is 0 Å². The average Bonchev–Trinajstić information content (AvgIpc) is 2.72. The molecule has 2 rings (SSSR count). The number of benzene rings is 1. The Morgan fingerprint density at radius 2 is 1.56 bits per heavy atom. The van der Waals surface area contributed by atoms with Crippen LogP contribution in [-0.2, 0) is 4.74 Å². The molecule has 0 spiro atoms. The molecular formula is C18H27N3O6. The van der Waals surface area contributed by atoms with Crippen LogP contribution in [0.2, 0.25) is 0 Å². The van der Waals surface area contributed by atoms with Crippen LogP contribution in [0, 0.1) is 0 Å². The van der Waals surface area contributed by atoms with Gasteiger partial charge in [-0.15, -0.1) is 0 Å². The van der Waals surface area contributed by atoms with E-state index in [0.717, 1.165) is 13.1 Å². The third-order valence-electron chi connectivity index (χ3n) is 4.45. The Morgan fingerprint density at radius 1 is 0.963 bits per heavy atom. The lowest BCUT2D eigenvalue weighted by molar-refractivity contribution is 0.0884. The van der Waals surface area contributed by atoms with Crippen molar-refractivity contribution in [2.45, 2.75) is 0 Å². The molecule has 9 heteroatoms. The molecule has 0 atom stereocenters. The molecule has 1 aliphatic heterocycles. The average molecular weight is 381 g/mol. The molecular weight excluding hydrogens is 354 g/mol. The van der Waals surface area contributed by atoms with Crippen LogP contribution in [-0.4, -0.2) is 89.5 Å². The van der Waals surface area contributed by atoms with Crippen LogP contribution in [0.5, 0.6) is 17.2 Å². The van der Waals surface area contributed by atoms with Crippen molar-refractivity contribution >= 4 is 12.0 Å². The van der Waals surface area contributed by atoms with Crippen LogP contribution in [0.15, 0.2) is 12.1 Å².